The summed E-state index contributed by atoms with van der Waals surface area (Å²) in [6.07, 6.45) is 6.65. The minimum absolute atomic E-state index is 0.128. The Balaban J connectivity index is 1.24. The molecule has 0 bridgehead atoms. The maximum absolute atomic E-state index is 12.6. The van der Waals surface area contributed by atoms with Crippen molar-refractivity contribution in [1.29, 1.82) is 5.26 Å². The van der Waals surface area contributed by atoms with Gasteiger partial charge in [0, 0.05) is 69.0 Å². The Bertz CT molecular complexity index is 1510. The molecule has 0 saturated carbocycles. The molecule has 1 aromatic carbocycles. The molecule has 2 amide bonds. The molecule has 4 heterocycles. The summed E-state index contributed by atoms with van der Waals surface area (Å²) in [5.41, 5.74) is 4.47. The lowest BCUT2D eigenvalue weighted by atomic mass is 9.90. The number of carbonyl (C=O) groups is 2. The number of rotatable bonds is 6. The van der Waals surface area contributed by atoms with Gasteiger partial charge in [-0.3, -0.25) is 4.79 Å². The number of piperazine rings is 1. The van der Waals surface area contributed by atoms with E-state index in [9.17, 15) is 14.9 Å². The molecule has 244 valence electrons. The van der Waals surface area contributed by atoms with Crippen molar-refractivity contribution in [2.75, 3.05) is 54.4 Å². The summed E-state index contributed by atoms with van der Waals surface area (Å²) in [6, 6.07) is 11.2. The normalized spacial score (nSPS) is 21.7. The van der Waals surface area contributed by atoms with Gasteiger partial charge in [-0.25, -0.2) is 9.78 Å². The number of fused-ring (bicyclic) bond motifs is 2. The van der Waals surface area contributed by atoms with E-state index in [0.717, 1.165) is 56.6 Å². The number of nitrogens with zero attached hydrogens (tertiary/aromatic N) is 7. The standard InChI is InChI=1S/C35H46N8O3/c1-5-31(44)43-21-20-41(23-27(43)12-16-36)32-28-11-10-26(42-19-13-24-8-6-7-9-30(24)42)22-29(28)38-33(39-32)37-25-14-17-40(18-15-25)34(45)46-35(2,3)4/h5-9,25-27H,1,10-15,17-23H2,2-4H3,(H,37,38,39). The van der Waals surface area contributed by atoms with Gasteiger partial charge < -0.3 is 29.7 Å². The summed E-state index contributed by atoms with van der Waals surface area (Å²) in [7, 11) is 0. The largest absolute Gasteiger partial charge is 0.444 e. The van der Waals surface area contributed by atoms with E-state index in [1.54, 1.807) is 9.80 Å². The fraction of sp³-hybridized carbons (Fsp3) is 0.571. The van der Waals surface area contributed by atoms with Crippen LogP contribution in [-0.2, 0) is 28.8 Å². The van der Waals surface area contributed by atoms with Crippen LogP contribution in [0.5, 0.6) is 0 Å². The Labute approximate surface area is 272 Å². The Morgan fingerprint density at radius 3 is 2.61 bits per heavy atom. The number of aromatic nitrogens is 2. The van der Waals surface area contributed by atoms with Crippen LogP contribution in [0, 0.1) is 11.3 Å². The molecule has 1 aliphatic carbocycles. The average molecular weight is 627 g/mol. The Morgan fingerprint density at radius 1 is 1.09 bits per heavy atom. The molecule has 2 unspecified atom stereocenters. The summed E-state index contributed by atoms with van der Waals surface area (Å²) in [5.74, 6) is 1.37. The maximum Gasteiger partial charge on any atom is 0.410 e. The van der Waals surface area contributed by atoms with Gasteiger partial charge in [-0.15, -0.1) is 0 Å². The number of anilines is 3. The minimum atomic E-state index is -0.523. The third-order valence-electron chi connectivity index (χ3n) is 9.64. The van der Waals surface area contributed by atoms with Crippen LogP contribution in [0.3, 0.4) is 0 Å². The fourth-order valence-corrected chi connectivity index (χ4v) is 7.36. The molecule has 2 aromatic rings. The number of likely N-dealkylation sites (tertiary alicyclic amines) is 1. The molecule has 46 heavy (non-hydrogen) atoms. The van der Waals surface area contributed by atoms with Gasteiger partial charge in [0.2, 0.25) is 11.9 Å². The highest BCUT2D eigenvalue weighted by Gasteiger charge is 2.36. The van der Waals surface area contributed by atoms with E-state index in [-0.39, 0.29) is 30.5 Å². The van der Waals surface area contributed by atoms with Crippen molar-refractivity contribution in [2.45, 2.75) is 89.4 Å². The van der Waals surface area contributed by atoms with Gasteiger partial charge in [0.15, 0.2) is 0 Å². The Kier molecular flexibility index (Phi) is 9.07. The summed E-state index contributed by atoms with van der Waals surface area (Å²) >= 11 is 0. The highest BCUT2D eigenvalue weighted by molar-refractivity contribution is 5.87. The van der Waals surface area contributed by atoms with Crippen molar-refractivity contribution in [3.63, 3.8) is 0 Å². The monoisotopic (exact) mass is 626 g/mol. The first-order valence-corrected chi connectivity index (χ1v) is 16.7. The smallest absolute Gasteiger partial charge is 0.410 e. The number of nitriles is 1. The summed E-state index contributed by atoms with van der Waals surface area (Å²) in [5, 5.41) is 13.2. The van der Waals surface area contributed by atoms with Crippen molar-refractivity contribution < 1.29 is 14.3 Å². The molecule has 2 saturated heterocycles. The molecule has 2 atom stereocenters. The number of para-hydroxylation sites is 1. The molecule has 11 heteroatoms. The van der Waals surface area contributed by atoms with Gasteiger partial charge in [-0.05, 0) is 70.6 Å². The highest BCUT2D eigenvalue weighted by Crippen LogP contribution is 2.37. The first kappa shape index (κ1) is 31.6. The molecule has 3 aliphatic heterocycles. The van der Waals surface area contributed by atoms with Crippen LogP contribution < -0.4 is 15.1 Å². The van der Waals surface area contributed by atoms with E-state index in [1.807, 2.05) is 20.8 Å². The van der Waals surface area contributed by atoms with Crippen molar-refractivity contribution in [1.82, 2.24) is 19.8 Å². The third-order valence-corrected chi connectivity index (χ3v) is 9.64. The predicted octanol–water partition coefficient (Wildman–Crippen LogP) is 4.32. The van der Waals surface area contributed by atoms with Gasteiger partial charge in [-0.1, -0.05) is 24.8 Å². The van der Waals surface area contributed by atoms with Crippen LogP contribution in [0.4, 0.5) is 22.2 Å². The number of ether oxygens (including phenoxy) is 1. The van der Waals surface area contributed by atoms with Gasteiger partial charge in [-0.2, -0.15) is 10.2 Å². The zero-order valence-electron chi connectivity index (χ0n) is 27.4. The number of hydrogen-bond acceptors (Lipinski definition) is 9. The third kappa shape index (κ3) is 6.76. The van der Waals surface area contributed by atoms with Crippen LogP contribution in [0.15, 0.2) is 36.9 Å². The molecular formula is C35H46N8O3. The summed E-state index contributed by atoms with van der Waals surface area (Å²) in [6.45, 7) is 13.2. The molecular weight excluding hydrogens is 580 g/mol. The van der Waals surface area contributed by atoms with E-state index in [2.05, 4.69) is 52.0 Å². The Hall–Kier alpha value is -4.33. The molecule has 4 aliphatic rings. The fourth-order valence-electron chi connectivity index (χ4n) is 7.36. The number of amides is 2. The van der Waals surface area contributed by atoms with Crippen molar-refractivity contribution in [2.24, 2.45) is 0 Å². The van der Waals surface area contributed by atoms with E-state index in [1.165, 1.54) is 22.9 Å². The van der Waals surface area contributed by atoms with Gasteiger partial charge in [0.05, 0.1) is 24.2 Å². The van der Waals surface area contributed by atoms with Crippen molar-refractivity contribution in [3.05, 3.63) is 53.7 Å². The zero-order chi connectivity index (χ0) is 32.4. The maximum atomic E-state index is 12.6. The van der Waals surface area contributed by atoms with Crippen LogP contribution in [0.1, 0.15) is 63.3 Å². The van der Waals surface area contributed by atoms with E-state index >= 15 is 0 Å². The summed E-state index contributed by atoms with van der Waals surface area (Å²) in [4.78, 5) is 43.8. The topological polar surface area (TPSA) is 118 Å². The molecule has 0 spiro atoms. The van der Waals surface area contributed by atoms with Crippen molar-refractivity contribution >= 4 is 29.5 Å². The summed E-state index contributed by atoms with van der Waals surface area (Å²) < 4.78 is 5.59. The molecule has 2 fully saturated rings. The van der Waals surface area contributed by atoms with Gasteiger partial charge in [0.1, 0.15) is 11.4 Å². The van der Waals surface area contributed by atoms with Crippen LogP contribution >= 0.6 is 0 Å². The minimum Gasteiger partial charge on any atom is -0.444 e. The van der Waals surface area contributed by atoms with Crippen LogP contribution in [0.2, 0.25) is 0 Å². The second-order valence-corrected chi connectivity index (χ2v) is 13.8. The van der Waals surface area contributed by atoms with Gasteiger partial charge >= 0.3 is 6.09 Å². The van der Waals surface area contributed by atoms with Crippen molar-refractivity contribution in [3.8, 4) is 6.07 Å². The second-order valence-electron chi connectivity index (χ2n) is 13.8. The SMILES string of the molecule is C=CC(=O)N1CCN(c2nc(NC3CCN(C(=O)OC(C)(C)C)CC3)nc3c2CCC(N2CCc4ccccc42)C3)CC1CC#N. The van der Waals surface area contributed by atoms with Crippen LogP contribution in [-0.4, -0.2) is 94.8 Å². The number of piperidine rings is 1. The second kappa shape index (κ2) is 13.2. The lowest BCUT2D eigenvalue weighted by Crippen LogP contribution is -2.55. The first-order chi connectivity index (χ1) is 22.1. The highest BCUT2D eigenvalue weighted by atomic mass is 16.6. The average Bonchev–Trinajstić information content (AvgIpc) is 3.48. The van der Waals surface area contributed by atoms with E-state index in [4.69, 9.17) is 14.7 Å². The number of benzene rings is 1. The molecule has 1 N–H and O–H groups in total. The number of carbonyl (C=O) groups excluding carboxylic acids is 2. The molecule has 6 rings (SSSR count). The van der Waals surface area contributed by atoms with Crippen LogP contribution in [0.25, 0.3) is 0 Å². The molecule has 0 radical (unpaired) electrons. The quantitative estimate of drug-likeness (QED) is 0.468. The lowest BCUT2D eigenvalue weighted by molar-refractivity contribution is -0.128. The lowest BCUT2D eigenvalue weighted by Gasteiger charge is -2.42. The zero-order valence-corrected chi connectivity index (χ0v) is 27.4. The van der Waals surface area contributed by atoms with Gasteiger partial charge in [0.25, 0.3) is 0 Å². The van der Waals surface area contributed by atoms with E-state index in [0.29, 0.717) is 44.7 Å². The number of nitrogens with one attached hydrogen (secondary N) is 1. The molecule has 11 nitrogen and oxygen atoms in total. The number of hydrogen-bond donors (Lipinski definition) is 1. The molecule has 1 aromatic heterocycles. The van der Waals surface area contributed by atoms with E-state index < -0.39 is 5.60 Å². The predicted molar refractivity (Wildman–Crippen MR) is 178 cm³/mol. The first-order valence-electron chi connectivity index (χ1n) is 16.7. The Morgan fingerprint density at radius 2 is 1.87 bits per heavy atom.